The Labute approximate surface area is 125 Å². The SMILES string of the molecule is CC(NC(=O)Cc1ccc2c(c1)CCCC2)c1cn[nH]c1. The number of H-pyrrole nitrogens is 1. The van der Waals surface area contributed by atoms with Crippen molar-refractivity contribution >= 4 is 5.91 Å². The van der Waals surface area contributed by atoms with Crippen LogP contribution in [-0.4, -0.2) is 16.1 Å². The Bertz CT molecular complexity index is 619. The lowest BCUT2D eigenvalue weighted by Crippen LogP contribution is -2.28. The van der Waals surface area contributed by atoms with E-state index in [2.05, 4.69) is 33.7 Å². The molecule has 2 aromatic rings. The number of hydrogen-bond acceptors (Lipinski definition) is 2. The Morgan fingerprint density at radius 3 is 2.90 bits per heavy atom. The summed E-state index contributed by atoms with van der Waals surface area (Å²) in [6, 6.07) is 6.47. The highest BCUT2D eigenvalue weighted by Crippen LogP contribution is 2.22. The molecule has 110 valence electrons. The Kier molecular flexibility index (Phi) is 4.04. The van der Waals surface area contributed by atoms with Crippen molar-refractivity contribution in [2.45, 2.75) is 45.1 Å². The Morgan fingerprint density at radius 1 is 1.33 bits per heavy atom. The molecule has 2 N–H and O–H groups in total. The molecule has 1 aliphatic rings. The van der Waals surface area contributed by atoms with Crippen LogP contribution in [0.1, 0.15) is 48.1 Å². The summed E-state index contributed by atoms with van der Waals surface area (Å²) in [5.41, 5.74) is 4.98. The number of fused-ring (bicyclic) bond motifs is 1. The van der Waals surface area contributed by atoms with Crippen molar-refractivity contribution in [3.8, 4) is 0 Å². The maximum Gasteiger partial charge on any atom is 0.224 e. The maximum atomic E-state index is 12.1. The molecule has 21 heavy (non-hydrogen) atoms. The van der Waals surface area contributed by atoms with E-state index in [1.165, 1.54) is 30.4 Å². The number of carbonyl (C=O) groups excluding carboxylic acids is 1. The monoisotopic (exact) mass is 283 g/mol. The predicted molar refractivity (Wildman–Crippen MR) is 81.9 cm³/mol. The van der Waals surface area contributed by atoms with Gasteiger partial charge >= 0.3 is 0 Å². The first-order chi connectivity index (χ1) is 10.2. The number of nitrogens with zero attached hydrogens (tertiary/aromatic N) is 1. The molecule has 1 heterocycles. The van der Waals surface area contributed by atoms with Crippen molar-refractivity contribution in [1.82, 2.24) is 15.5 Å². The van der Waals surface area contributed by atoms with Gasteiger partial charge in [-0.15, -0.1) is 0 Å². The third kappa shape index (κ3) is 3.32. The number of aromatic amines is 1. The van der Waals surface area contributed by atoms with Gasteiger partial charge in [0.25, 0.3) is 0 Å². The number of benzene rings is 1. The quantitative estimate of drug-likeness (QED) is 0.906. The summed E-state index contributed by atoms with van der Waals surface area (Å²) in [6.07, 6.45) is 8.87. The van der Waals surface area contributed by atoms with E-state index < -0.39 is 0 Å². The van der Waals surface area contributed by atoms with Gasteiger partial charge in [-0.2, -0.15) is 5.10 Å². The van der Waals surface area contributed by atoms with Crippen LogP contribution < -0.4 is 5.32 Å². The summed E-state index contributed by atoms with van der Waals surface area (Å²) in [5, 5.41) is 9.68. The molecular weight excluding hydrogens is 262 g/mol. The molecule has 1 unspecified atom stereocenters. The van der Waals surface area contributed by atoms with E-state index in [-0.39, 0.29) is 11.9 Å². The molecule has 0 saturated heterocycles. The molecule has 0 fully saturated rings. The van der Waals surface area contributed by atoms with Crippen molar-refractivity contribution < 1.29 is 4.79 Å². The van der Waals surface area contributed by atoms with Crippen molar-refractivity contribution in [1.29, 1.82) is 0 Å². The minimum absolute atomic E-state index is 0.0196. The van der Waals surface area contributed by atoms with E-state index in [0.29, 0.717) is 6.42 Å². The van der Waals surface area contributed by atoms with Gasteiger partial charge in [0.05, 0.1) is 18.7 Å². The second kappa shape index (κ2) is 6.12. The van der Waals surface area contributed by atoms with E-state index in [0.717, 1.165) is 17.5 Å². The number of carbonyl (C=O) groups is 1. The first-order valence-electron chi connectivity index (χ1n) is 7.61. The normalized spacial score (nSPS) is 15.3. The molecule has 0 aliphatic heterocycles. The summed E-state index contributed by atoms with van der Waals surface area (Å²) in [4.78, 5) is 12.1. The van der Waals surface area contributed by atoms with Crippen LogP contribution in [0.3, 0.4) is 0 Å². The largest absolute Gasteiger partial charge is 0.349 e. The lowest BCUT2D eigenvalue weighted by molar-refractivity contribution is -0.121. The summed E-state index contributed by atoms with van der Waals surface area (Å²) in [7, 11) is 0. The molecule has 1 aliphatic carbocycles. The number of hydrogen-bond donors (Lipinski definition) is 2. The van der Waals surface area contributed by atoms with Crippen LogP contribution in [0.4, 0.5) is 0 Å². The van der Waals surface area contributed by atoms with Crippen molar-refractivity contribution in [3.05, 3.63) is 52.8 Å². The standard InChI is InChI=1S/C17H21N3O/c1-12(16-10-18-19-11-16)20-17(21)9-13-6-7-14-4-2-3-5-15(14)8-13/h6-8,10-12H,2-5,9H2,1H3,(H,18,19)(H,20,21). The molecular formula is C17H21N3O. The van der Waals surface area contributed by atoms with Crippen molar-refractivity contribution in [3.63, 3.8) is 0 Å². The fourth-order valence-electron chi connectivity index (χ4n) is 2.96. The summed E-state index contributed by atoms with van der Waals surface area (Å²) in [5.74, 6) is 0.0551. The molecule has 1 aromatic carbocycles. The lowest BCUT2D eigenvalue weighted by atomic mass is 9.90. The highest BCUT2D eigenvalue weighted by atomic mass is 16.1. The average molecular weight is 283 g/mol. The zero-order chi connectivity index (χ0) is 14.7. The fourth-order valence-corrected chi connectivity index (χ4v) is 2.96. The van der Waals surface area contributed by atoms with Gasteiger partial charge in [0.15, 0.2) is 0 Å². The molecule has 3 rings (SSSR count). The topological polar surface area (TPSA) is 57.8 Å². The van der Waals surface area contributed by atoms with Gasteiger partial charge in [0, 0.05) is 11.8 Å². The van der Waals surface area contributed by atoms with Gasteiger partial charge in [0.2, 0.25) is 5.91 Å². The number of aryl methyl sites for hydroxylation is 2. The van der Waals surface area contributed by atoms with Crippen LogP contribution in [0.15, 0.2) is 30.6 Å². The second-order valence-electron chi connectivity index (χ2n) is 5.81. The Hall–Kier alpha value is -2.10. The van der Waals surface area contributed by atoms with Gasteiger partial charge in [-0.3, -0.25) is 9.89 Å². The van der Waals surface area contributed by atoms with Crippen LogP contribution in [0.2, 0.25) is 0 Å². The molecule has 0 bridgehead atoms. The number of aromatic nitrogens is 2. The summed E-state index contributed by atoms with van der Waals surface area (Å²) >= 11 is 0. The van der Waals surface area contributed by atoms with E-state index in [1.54, 1.807) is 6.20 Å². The molecule has 4 heteroatoms. The summed E-state index contributed by atoms with van der Waals surface area (Å²) in [6.45, 7) is 1.97. The molecule has 0 radical (unpaired) electrons. The van der Waals surface area contributed by atoms with Crippen LogP contribution in [0.5, 0.6) is 0 Å². The fraction of sp³-hybridized carbons (Fsp3) is 0.412. The Balaban J connectivity index is 1.62. The van der Waals surface area contributed by atoms with Crippen LogP contribution >= 0.6 is 0 Å². The highest BCUT2D eigenvalue weighted by Gasteiger charge is 2.13. The molecule has 0 spiro atoms. The van der Waals surface area contributed by atoms with E-state index in [1.807, 2.05) is 13.1 Å². The van der Waals surface area contributed by atoms with Gasteiger partial charge in [-0.1, -0.05) is 18.2 Å². The van der Waals surface area contributed by atoms with Crippen LogP contribution in [0, 0.1) is 0 Å². The third-order valence-electron chi connectivity index (χ3n) is 4.17. The van der Waals surface area contributed by atoms with Gasteiger partial charge in [-0.05, 0) is 49.3 Å². The number of amides is 1. The highest BCUT2D eigenvalue weighted by molar-refractivity contribution is 5.79. The van der Waals surface area contributed by atoms with E-state index in [9.17, 15) is 4.79 Å². The third-order valence-corrected chi connectivity index (χ3v) is 4.17. The van der Waals surface area contributed by atoms with Crippen LogP contribution in [0.25, 0.3) is 0 Å². The Morgan fingerprint density at radius 2 is 2.14 bits per heavy atom. The van der Waals surface area contributed by atoms with E-state index >= 15 is 0 Å². The van der Waals surface area contributed by atoms with Gasteiger partial charge in [0.1, 0.15) is 0 Å². The molecule has 1 amide bonds. The zero-order valence-electron chi connectivity index (χ0n) is 12.4. The van der Waals surface area contributed by atoms with Crippen molar-refractivity contribution in [2.24, 2.45) is 0 Å². The zero-order valence-corrected chi connectivity index (χ0v) is 12.4. The second-order valence-corrected chi connectivity index (χ2v) is 5.81. The van der Waals surface area contributed by atoms with Crippen LogP contribution in [-0.2, 0) is 24.1 Å². The minimum atomic E-state index is -0.0196. The number of rotatable bonds is 4. The molecule has 1 aromatic heterocycles. The van der Waals surface area contributed by atoms with Gasteiger partial charge in [-0.25, -0.2) is 0 Å². The minimum Gasteiger partial charge on any atom is -0.349 e. The van der Waals surface area contributed by atoms with Gasteiger partial charge < -0.3 is 5.32 Å². The predicted octanol–water partition coefficient (Wildman–Crippen LogP) is 2.71. The molecule has 4 nitrogen and oxygen atoms in total. The molecule has 0 saturated carbocycles. The number of nitrogens with one attached hydrogen (secondary N) is 2. The summed E-state index contributed by atoms with van der Waals surface area (Å²) < 4.78 is 0. The smallest absolute Gasteiger partial charge is 0.224 e. The first-order valence-corrected chi connectivity index (χ1v) is 7.61. The first kappa shape index (κ1) is 13.9. The van der Waals surface area contributed by atoms with Crippen molar-refractivity contribution in [2.75, 3.05) is 0 Å². The maximum absolute atomic E-state index is 12.1. The van der Waals surface area contributed by atoms with E-state index in [4.69, 9.17) is 0 Å². The lowest BCUT2D eigenvalue weighted by Gasteiger charge is -2.17. The molecule has 1 atom stereocenters. The average Bonchev–Trinajstić information content (AvgIpc) is 3.01.